The highest BCUT2D eigenvalue weighted by Crippen LogP contribution is 2.28. The molecule has 0 fully saturated rings. The van der Waals surface area contributed by atoms with E-state index in [9.17, 15) is 4.79 Å². The van der Waals surface area contributed by atoms with Crippen LogP contribution in [0.4, 0.5) is 0 Å². The van der Waals surface area contributed by atoms with Crippen molar-refractivity contribution in [2.75, 3.05) is 0 Å². The molecule has 180 valence electrons. The monoisotopic (exact) mass is 476 g/mol. The van der Waals surface area contributed by atoms with Crippen molar-refractivity contribution < 1.29 is 9.32 Å². The van der Waals surface area contributed by atoms with E-state index in [4.69, 9.17) is 9.62 Å². The number of aryl methyl sites for hydroxylation is 4. The van der Waals surface area contributed by atoms with Gasteiger partial charge < -0.3 is 9.84 Å². The number of carbonyl (C=O) groups is 1. The van der Waals surface area contributed by atoms with Crippen LogP contribution in [0.15, 0.2) is 83.5 Å². The minimum Gasteiger partial charge on any atom is -0.355 e. The van der Waals surface area contributed by atoms with Crippen molar-refractivity contribution in [2.24, 2.45) is 0 Å². The largest absolute Gasteiger partial charge is 0.355 e. The number of hydrogen-bond acceptors (Lipinski definition) is 4. The van der Waals surface area contributed by atoms with Crippen molar-refractivity contribution >= 4 is 5.91 Å². The Kier molecular flexibility index (Phi) is 6.25. The summed E-state index contributed by atoms with van der Waals surface area (Å²) in [5, 5.41) is 11.9. The Hall–Kier alpha value is -4.45. The van der Waals surface area contributed by atoms with E-state index in [-0.39, 0.29) is 11.6 Å². The Morgan fingerprint density at radius 2 is 1.67 bits per heavy atom. The number of nitrogens with one attached hydrogen (secondary N) is 1. The molecule has 6 nitrogen and oxygen atoms in total. The molecule has 0 aliphatic rings. The third-order valence-corrected chi connectivity index (χ3v) is 6.43. The highest BCUT2D eigenvalue weighted by molar-refractivity contribution is 5.93. The lowest BCUT2D eigenvalue weighted by atomic mass is 10.0. The van der Waals surface area contributed by atoms with E-state index >= 15 is 0 Å². The molecule has 2 aromatic heterocycles. The van der Waals surface area contributed by atoms with Crippen LogP contribution in [0.1, 0.15) is 38.3 Å². The second-order valence-corrected chi connectivity index (χ2v) is 9.16. The third-order valence-electron chi connectivity index (χ3n) is 6.43. The highest BCUT2D eigenvalue weighted by Gasteiger charge is 2.18. The van der Waals surface area contributed by atoms with Crippen LogP contribution in [0, 0.1) is 27.7 Å². The molecule has 1 amide bonds. The molecule has 3 aromatic carbocycles. The van der Waals surface area contributed by atoms with Gasteiger partial charge in [0.05, 0.1) is 11.4 Å². The van der Waals surface area contributed by atoms with Gasteiger partial charge in [0.25, 0.3) is 5.91 Å². The predicted octanol–water partition coefficient (Wildman–Crippen LogP) is 6.36. The fourth-order valence-corrected chi connectivity index (χ4v) is 4.15. The molecule has 0 unspecified atom stereocenters. The van der Waals surface area contributed by atoms with E-state index in [1.807, 2.05) is 66.3 Å². The lowest BCUT2D eigenvalue weighted by Crippen LogP contribution is -2.23. The average Bonchev–Trinajstić information content (AvgIpc) is 3.54. The Balaban J connectivity index is 1.41. The van der Waals surface area contributed by atoms with Gasteiger partial charge in [-0.1, -0.05) is 53.2 Å². The first-order chi connectivity index (χ1) is 17.4. The van der Waals surface area contributed by atoms with E-state index in [2.05, 4.69) is 49.4 Å². The van der Waals surface area contributed by atoms with Crippen molar-refractivity contribution in [3.05, 3.63) is 113 Å². The first-order valence-electron chi connectivity index (χ1n) is 11.9. The van der Waals surface area contributed by atoms with Crippen LogP contribution in [-0.4, -0.2) is 20.8 Å². The maximum atomic E-state index is 13.0. The van der Waals surface area contributed by atoms with Crippen molar-refractivity contribution in [1.29, 1.82) is 0 Å². The normalized spacial score (nSPS) is 11.0. The number of carbonyl (C=O) groups excluding carboxylic acids is 1. The number of aromatic nitrogens is 3. The zero-order chi connectivity index (χ0) is 25.2. The molecular formula is C30H28N4O2. The first kappa shape index (κ1) is 23.3. The van der Waals surface area contributed by atoms with Crippen LogP contribution in [0.3, 0.4) is 0 Å². The minimum absolute atomic E-state index is 0.243. The van der Waals surface area contributed by atoms with Crippen molar-refractivity contribution in [3.8, 4) is 28.3 Å². The molecule has 0 bridgehead atoms. The van der Waals surface area contributed by atoms with Gasteiger partial charge >= 0.3 is 0 Å². The van der Waals surface area contributed by atoms with Crippen LogP contribution in [0.5, 0.6) is 0 Å². The molecule has 0 atom stereocenters. The number of hydrogen-bond donors (Lipinski definition) is 1. The lowest BCUT2D eigenvalue weighted by Gasteiger charge is -2.08. The Labute approximate surface area is 210 Å². The second-order valence-electron chi connectivity index (χ2n) is 9.16. The summed E-state index contributed by atoms with van der Waals surface area (Å²) in [7, 11) is 0. The van der Waals surface area contributed by atoms with Gasteiger partial charge in [-0.25, -0.2) is 4.68 Å². The zero-order valence-corrected chi connectivity index (χ0v) is 20.9. The van der Waals surface area contributed by atoms with Crippen LogP contribution in [0.2, 0.25) is 0 Å². The molecule has 0 aliphatic heterocycles. The average molecular weight is 477 g/mol. The van der Waals surface area contributed by atoms with Crippen LogP contribution < -0.4 is 5.32 Å². The summed E-state index contributed by atoms with van der Waals surface area (Å²) in [6, 6.07) is 24.0. The molecule has 5 aromatic rings. The summed E-state index contributed by atoms with van der Waals surface area (Å²) >= 11 is 0. The highest BCUT2D eigenvalue weighted by atomic mass is 16.5. The summed E-state index contributed by atoms with van der Waals surface area (Å²) in [6.45, 7) is 8.55. The summed E-state index contributed by atoms with van der Waals surface area (Å²) < 4.78 is 7.33. The maximum absolute atomic E-state index is 13.0. The van der Waals surface area contributed by atoms with Crippen LogP contribution >= 0.6 is 0 Å². The SMILES string of the molecule is Cc1ccc(C)c(-c2nn(-c3ccccc3)cc2CNC(=O)c2cc(-c3ccc(C)c(C)c3)on2)c1. The number of rotatable bonds is 6. The summed E-state index contributed by atoms with van der Waals surface area (Å²) in [5.74, 6) is 0.268. The standard InChI is InChI=1S/C30H28N4O2/c1-19-10-11-21(3)26(14-19)29-24(18-34(32-29)25-8-6-5-7-9-25)17-31-30(35)27-16-28(36-33-27)23-13-12-20(2)22(4)15-23/h5-16,18H,17H2,1-4H3,(H,31,35). The fraction of sp³-hybridized carbons (Fsp3) is 0.167. The maximum Gasteiger partial charge on any atom is 0.273 e. The summed E-state index contributed by atoms with van der Waals surface area (Å²) in [4.78, 5) is 13.0. The molecule has 0 aliphatic carbocycles. The molecule has 0 saturated heterocycles. The van der Waals surface area contributed by atoms with E-state index in [0.29, 0.717) is 12.3 Å². The van der Waals surface area contributed by atoms with Gasteiger partial charge in [-0.3, -0.25) is 4.79 Å². The van der Waals surface area contributed by atoms with E-state index < -0.39 is 0 Å². The smallest absolute Gasteiger partial charge is 0.273 e. The lowest BCUT2D eigenvalue weighted by molar-refractivity contribution is 0.0942. The molecule has 6 heteroatoms. The van der Waals surface area contributed by atoms with E-state index in [1.165, 1.54) is 5.56 Å². The predicted molar refractivity (Wildman–Crippen MR) is 141 cm³/mol. The van der Waals surface area contributed by atoms with Gasteiger partial charge in [0.15, 0.2) is 11.5 Å². The van der Waals surface area contributed by atoms with Crippen LogP contribution in [-0.2, 0) is 6.54 Å². The quantitative estimate of drug-likeness (QED) is 0.310. The molecule has 36 heavy (non-hydrogen) atoms. The van der Waals surface area contributed by atoms with E-state index in [1.54, 1.807) is 6.07 Å². The first-order valence-corrected chi connectivity index (χ1v) is 11.9. The van der Waals surface area contributed by atoms with Crippen LogP contribution in [0.25, 0.3) is 28.3 Å². The Bertz CT molecular complexity index is 1550. The minimum atomic E-state index is -0.298. The van der Waals surface area contributed by atoms with Gasteiger partial charge in [-0.05, 0) is 68.7 Å². The molecular weight excluding hydrogens is 448 g/mol. The van der Waals surface area contributed by atoms with Crippen molar-refractivity contribution in [1.82, 2.24) is 20.3 Å². The van der Waals surface area contributed by atoms with Gasteiger partial charge in [-0.15, -0.1) is 0 Å². The number of amides is 1. The topological polar surface area (TPSA) is 73.0 Å². The fourth-order valence-electron chi connectivity index (χ4n) is 4.15. The van der Waals surface area contributed by atoms with Gasteiger partial charge in [0.1, 0.15) is 0 Å². The van der Waals surface area contributed by atoms with Gasteiger partial charge in [0, 0.05) is 35.5 Å². The number of benzene rings is 3. The summed E-state index contributed by atoms with van der Waals surface area (Å²) in [6.07, 6.45) is 1.97. The zero-order valence-electron chi connectivity index (χ0n) is 20.9. The summed E-state index contributed by atoms with van der Waals surface area (Å²) in [5.41, 5.74) is 9.54. The Morgan fingerprint density at radius 3 is 2.44 bits per heavy atom. The Morgan fingerprint density at radius 1 is 0.889 bits per heavy atom. The van der Waals surface area contributed by atoms with Gasteiger partial charge in [-0.2, -0.15) is 5.10 Å². The molecule has 0 radical (unpaired) electrons. The van der Waals surface area contributed by atoms with E-state index in [0.717, 1.165) is 44.8 Å². The third kappa shape index (κ3) is 4.70. The molecule has 1 N–H and O–H groups in total. The molecule has 0 spiro atoms. The number of para-hydroxylation sites is 1. The van der Waals surface area contributed by atoms with Gasteiger partial charge in [0.2, 0.25) is 0 Å². The van der Waals surface area contributed by atoms with Crippen molar-refractivity contribution in [3.63, 3.8) is 0 Å². The molecule has 5 rings (SSSR count). The molecule has 0 saturated carbocycles. The number of nitrogens with zero attached hydrogens (tertiary/aromatic N) is 3. The van der Waals surface area contributed by atoms with Crippen molar-refractivity contribution in [2.45, 2.75) is 34.2 Å². The molecule has 2 heterocycles. The second kappa shape index (κ2) is 9.66.